The number of nitrogens with one attached hydrogen (secondary N) is 1. The lowest BCUT2D eigenvalue weighted by molar-refractivity contribution is -0.115. The van der Waals surface area contributed by atoms with Gasteiger partial charge < -0.3 is 14.8 Å². The molecule has 1 fully saturated rings. The summed E-state index contributed by atoms with van der Waals surface area (Å²) in [7, 11) is 0. The van der Waals surface area contributed by atoms with Crippen LogP contribution in [0.3, 0.4) is 0 Å². The lowest BCUT2D eigenvalue weighted by Gasteiger charge is -2.26. The molecule has 182 valence electrons. The normalized spacial score (nSPS) is 15.2. The number of anilines is 2. The molecular formula is C28H30N2O4S. The van der Waals surface area contributed by atoms with Crippen molar-refractivity contribution in [2.24, 2.45) is 0 Å². The van der Waals surface area contributed by atoms with E-state index in [1.165, 1.54) is 0 Å². The van der Waals surface area contributed by atoms with E-state index in [-0.39, 0.29) is 17.2 Å². The second kappa shape index (κ2) is 11.8. The average Bonchev–Trinajstić information content (AvgIpc) is 3.26. The molecule has 1 aliphatic heterocycles. The van der Waals surface area contributed by atoms with Crippen molar-refractivity contribution in [3.05, 3.63) is 83.9 Å². The summed E-state index contributed by atoms with van der Waals surface area (Å²) < 4.78 is 11.4. The zero-order valence-corrected chi connectivity index (χ0v) is 20.8. The first kappa shape index (κ1) is 24.7. The summed E-state index contributed by atoms with van der Waals surface area (Å²) in [5, 5.41) is 2.77. The van der Waals surface area contributed by atoms with Gasteiger partial charge in [0.15, 0.2) is 0 Å². The van der Waals surface area contributed by atoms with Crippen molar-refractivity contribution in [2.75, 3.05) is 29.2 Å². The maximum absolute atomic E-state index is 12.8. The van der Waals surface area contributed by atoms with Crippen molar-refractivity contribution < 1.29 is 19.1 Å². The van der Waals surface area contributed by atoms with Gasteiger partial charge in [0, 0.05) is 11.3 Å². The van der Waals surface area contributed by atoms with Crippen molar-refractivity contribution in [3.63, 3.8) is 0 Å². The number of thioether (sulfide) groups is 1. The minimum atomic E-state index is -0.208. The van der Waals surface area contributed by atoms with Gasteiger partial charge in [0.1, 0.15) is 16.9 Å². The summed E-state index contributed by atoms with van der Waals surface area (Å²) in [6, 6.07) is 22.4. The van der Waals surface area contributed by atoms with Gasteiger partial charge in [-0.15, -0.1) is 11.8 Å². The van der Waals surface area contributed by atoms with E-state index in [4.69, 9.17) is 9.47 Å². The summed E-state index contributed by atoms with van der Waals surface area (Å²) in [4.78, 5) is 27.5. The summed E-state index contributed by atoms with van der Waals surface area (Å²) in [6.07, 6.45) is 2.07. The van der Waals surface area contributed by atoms with E-state index in [1.807, 2.05) is 67.6 Å². The molecule has 0 aliphatic carbocycles. The van der Waals surface area contributed by atoms with E-state index >= 15 is 0 Å². The van der Waals surface area contributed by atoms with Crippen LogP contribution < -0.4 is 19.7 Å². The highest BCUT2D eigenvalue weighted by molar-refractivity contribution is 8.00. The number of amides is 2. The first-order valence-corrected chi connectivity index (χ1v) is 12.9. The van der Waals surface area contributed by atoms with E-state index in [1.54, 1.807) is 28.8 Å². The predicted octanol–water partition coefficient (Wildman–Crippen LogP) is 6.30. The molecule has 1 aliphatic rings. The van der Waals surface area contributed by atoms with Crippen molar-refractivity contribution in [1.29, 1.82) is 0 Å². The van der Waals surface area contributed by atoms with Gasteiger partial charge in [-0.25, -0.2) is 0 Å². The molecule has 1 heterocycles. The number of carbonyl (C=O) groups excluding carboxylic acids is 2. The van der Waals surface area contributed by atoms with Gasteiger partial charge in [-0.1, -0.05) is 37.6 Å². The Balaban J connectivity index is 1.49. The number of unbranched alkanes of at least 4 members (excludes halogenated alkanes) is 1. The molecule has 1 atom stereocenters. The van der Waals surface area contributed by atoms with Crippen LogP contribution >= 0.6 is 11.8 Å². The molecule has 0 saturated carbocycles. The molecule has 7 heteroatoms. The predicted molar refractivity (Wildman–Crippen MR) is 142 cm³/mol. The minimum absolute atomic E-state index is 0.0304. The Bertz CT molecular complexity index is 1170. The maximum atomic E-state index is 12.8. The van der Waals surface area contributed by atoms with Crippen LogP contribution in [0.15, 0.2) is 72.8 Å². The molecule has 3 aromatic rings. The van der Waals surface area contributed by atoms with Gasteiger partial charge in [-0.05, 0) is 67.4 Å². The Kier molecular flexibility index (Phi) is 8.32. The molecule has 1 saturated heterocycles. The summed E-state index contributed by atoms with van der Waals surface area (Å²) in [5.41, 5.74) is 2.92. The smallest absolute Gasteiger partial charge is 0.255 e. The standard InChI is InChI=1S/C28H30N2O4S/c1-3-5-17-34-23-15-13-20(14-16-23)27(32)29-22-10-8-9-21(18-22)28-30(26(31)19-35-28)24-11-6-7-12-25(24)33-4-2/h6-16,18,28H,3-5,17,19H2,1-2H3,(H,29,32). The van der Waals surface area contributed by atoms with E-state index in [9.17, 15) is 9.59 Å². The minimum Gasteiger partial charge on any atom is -0.494 e. The lowest BCUT2D eigenvalue weighted by Crippen LogP contribution is -2.28. The van der Waals surface area contributed by atoms with Crippen LogP contribution in [-0.2, 0) is 4.79 Å². The summed E-state index contributed by atoms with van der Waals surface area (Å²) >= 11 is 1.56. The van der Waals surface area contributed by atoms with Crippen molar-refractivity contribution >= 4 is 35.0 Å². The zero-order chi connectivity index (χ0) is 24.6. The van der Waals surface area contributed by atoms with Crippen LogP contribution in [0.1, 0.15) is 48.0 Å². The Hall–Kier alpha value is -3.45. The molecule has 1 unspecified atom stereocenters. The van der Waals surface area contributed by atoms with Crippen LogP contribution in [-0.4, -0.2) is 30.8 Å². The third-order valence-corrected chi connectivity index (χ3v) is 6.82. The lowest BCUT2D eigenvalue weighted by atomic mass is 10.1. The second-order valence-corrected chi connectivity index (χ2v) is 9.20. The van der Waals surface area contributed by atoms with Gasteiger partial charge in [-0.2, -0.15) is 0 Å². The quantitative estimate of drug-likeness (QED) is 0.338. The molecule has 4 rings (SSSR count). The fourth-order valence-corrected chi connectivity index (χ4v) is 5.03. The molecule has 35 heavy (non-hydrogen) atoms. The van der Waals surface area contributed by atoms with Gasteiger partial charge in [-0.3, -0.25) is 14.5 Å². The third-order valence-electron chi connectivity index (χ3n) is 5.61. The molecule has 3 aromatic carbocycles. The van der Waals surface area contributed by atoms with Gasteiger partial charge in [0.2, 0.25) is 5.91 Å². The Labute approximate surface area is 210 Å². The van der Waals surface area contributed by atoms with Crippen molar-refractivity contribution in [2.45, 2.75) is 32.1 Å². The van der Waals surface area contributed by atoms with Gasteiger partial charge >= 0.3 is 0 Å². The SMILES string of the molecule is CCCCOc1ccc(C(=O)Nc2cccc(C3SCC(=O)N3c3ccccc3OCC)c2)cc1. The number of hydrogen-bond donors (Lipinski definition) is 1. The number of carbonyl (C=O) groups is 2. The molecule has 2 amide bonds. The third kappa shape index (κ3) is 5.98. The largest absolute Gasteiger partial charge is 0.494 e. The van der Waals surface area contributed by atoms with E-state index in [0.717, 1.165) is 29.8 Å². The number of benzene rings is 3. The summed E-state index contributed by atoms with van der Waals surface area (Å²) in [6.45, 7) is 5.23. The van der Waals surface area contributed by atoms with Crippen LogP contribution in [0.5, 0.6) is 11.5 Å². The molecular weight excluding hydrogens is 460 g/mol. The monoisotopic (exact) mass is 490 g/mol. The highest BCUT2D eigenvalue weighted by atomic mass is 32.2. The molecule has 6 nitrogen and oxygen atoms in total. The topological polar surface area (TPSA) is 67.9 Å². The fraction of sp³-hybridized carbons (Fsp3) is 0.286. The maximum Gasteiger partial charge on any atom is 0.255 e. The van der Waals surface area contributed by atoms with Crippen LogP contribution in [0.4, 0.5) is 11.4 Å². The molecule has 0 aromatic heterocycles. The molecule has 1 N–H and O–H groups in total. The van der Waals surface area contributed by atoms with Crippen LogP contribution in [0.25, 0.3) is 0 Å². The van der Waals surface area contributed by atoms with E-state index < -0.39 is 0 Å². The number of para-hydroxylation sites is 2. The average molecular weight is 491 g/mol. The number of ether oxygens (including phenoxy) is 2. The Morgan fingerprint density at radius 3 is 2.60 bits per heavy atom. The van der Waals surface area contributed by atoms with Crippen molar-refractivity contribution in [3.8, 4) is 11.5 Å². The van der Waals surface area contributed by atoms with Gasteiger partial charge in [0.05, 0.1) is 24.7 Å². The van der Waals surface area contributed by atoms with E-state index in [2.05, 4.69) is 12.2 Å². The second-order valence-electron chi connectivity index (χ2n) is 8.13. The first-order valence-electron chi connectivity index (χ1n) is 11.9. The van der Waals surface area contributed by atoms with Crippen LogP contribution in [0.2, 0.25) is 0 Å². The number of rotatable bonds is 10. The number of nitrogens with zero attached hydrogens (tertiary/aromatic N) is 1. The molecule has 0 radical (unpaired) electrons. The van der Waals surface area contributed by atoms with Gasteiger partial charge in [0.25, 0.3) is 5.91 Å². The molecule has 0 spiro atoms. The van der Waals surface area contributed by atoms with E-state index in [0.29, 0.717) is 36.0 Å². The van der Waals surface area contributed by atoms with Crippen LogP contribution in [0, 0.1) is 0 Å². The van der Waals surface area contributed by atoms with Crippen molar-refractivity contribution in [1.82, 2.24) is 0 Å². The highest BCUT2D eigenvalue weighted by Crippen LogP contribution is 2.45. The summed E-state index contributed by atoms with van der Waals surface area (Å²) in [5.74, 6) is 1.66. The fourth-order valence-electron chi connectivity index (χ4n) is 3.87. The zero-order valence-electron chi connectivity index (χ0n) is 20.0. The Morgan fingerprint density at radius 2 is 1.83 bits per heavy atom. The highest BCUT2D eigenvalue weighted by Gasteiger charge is 2.35. The molecule has 0 bridgehead atoms. The number of hydrogen-bond acceptors (Lipinski definition) is 5. The first-order chi connectivity index (χ1) is 17.1. The Morgan fingerprint density at radius 1 is 1.03 bits per heavy atom.